The van der Waals surface area contributed by atoms with Crippen LogP contribution in [-0.2, 0) is 26.9 Å². The molecule has 0 spiro atoms. The molecule has 34 heavy (non-hydrogen) atoms. The highest BCUT2D eigenvalue weighted by atomic mass is 16.5. The molecule has 2 atom stereocenters. The zero-order valence-corrected chi connectivity index (χ0v) is 22.5. The predicted molar refractivity (Wildman–Crippen MR) is 138 cm³/mol. The lowest BCUT2D eigenvalue weighted by Crippen LogP contribution is -2.31. The number of hydrogen-bond donors (Lipinski definition) is 0. The molecule has 2 aliphatic carbocycles. The van der Waals surface area contributed by atoms with E-state index in [2.05, 4.69) is 72.7 Å². The second-order valence-corrected chi connectivity index (χ2v) is 13.3. The highest BCUT2D eigenvalue weighted by Crippen LogP contribution is 2.56. The Morgan fingerprint density at radius 3 is 2.21 bits per heavy atom. The van der Waals surface area contributed by atoms with Crippen LogP contribution in [0.4, 0.5) is 0 Å². The Hall–Kier alpha value is -1.71. The van der Waals surface area contributed by atoms with Crippen molar-refractivity contribution in [3.8, 4) is 0 Å². The van der Waals surface area contributed by atoms with E-state index in [4.69, 9.17) is 14.5 Å². The summed E-state index contributed by atoms with van der Waals surface area (Å²) in [6, 6.07) is 9.13. The second kappa shape index (κ2) is 8.17. The van der Waals surface area contributed by atoms with E-state index in [9.17, 15) is 0 Å². The van der Waals surface area contributed by atoms with Crippen LogP contribution < -0.4 is 0 Å². The number of fused-ring (bicyclic) bond motifs is 3. The summed E-state index contributed by atoms with van der Waals surface area (Å²) in [5, 5.41) is 0. The molecule has 184 valence electrons. The molecule has 1 saturated carbocycles. The molecule has 5 rings (SSSR count). The smallest absolute Gasteiger partial charge is 0.111 e. The minimum atomic E-state index is -0.374. The fourth-order valence-corrected chi connectivity index (χ4v) is 6.73. The summed E-state index contributed by atoms with van der Waals surface area (Å²) in [6.45, 7) is 16.0. The SMILES string of the molecule is COC1CC(C)(C)Cc2nc(C3CCCC3)c3c(c21)C(C)(C)OC3c1ccc(C(C)(C)C)cc1. The van der Waals surface area contributed by atoms with Gasteiger partial charge in [0.2, 0.25) is 0 Å². The van der Waals surface area contributed by atoms with Crippen molar-refractivity contribution in [2.75, 3.05) is 7.11 Å². The van der Waals surface area contributed by atoms with Crippen molar-refractivity contribution in [1.82, 2.24) is 4.98 Å². The summed E-state index contributed by atoms with van der Waals surface area (Å²) in [6.07, 6.45) is 7.13. The molecular formula is C31H43NO2. The lowest BCUT2D eigenvalue weighted by atomic mass is 9.71. The molecule has 3 heteroatoms. The van der Waals surface area contributed by atoms with E-state index in [0.29, 0.717) is 5.92 Å². The molecule has 3 aliphatic rings. The zero-order valence-electron chi connectivity index (χ0n) is 22.5. The molecule has 0 N–H and O–H groups in total. The number of aromatic nitrogens is 1. The average molecular weight is 462 g/mol. The summed E-state index contributed by atoms with van der Waals surface area (Å²) < 4.78 is 13.1. The van der Waals surface area contributed by atoms with Gasteiger partial charge in [-0.3, -0.25) is 4.98 Å². The van der Waals surface area contributed by atoms with Gasteiger partial charge in [0.25, 0.3) is 0 Å². The Morgan fingerprint density at radius 2 is 1.62 bits per heavy atom. The van der Waals surface area contributed by atoms with E-state index < -0.39 is 0 Å². The van der Waals surface area contributed by atoms with Gasteiger partial charge in [-0.05, 0) is 67.1 Å². The third-order valence-corrected chi connectivity index (χ3v) is 8.47. The summed E-state index contributed by atoms with van der Waals surface area (Å²) in [4.78, 5) is 5.50. The topological polar surface area (TPSA) is 31.4 Å². The molecule has 1 aromatic heterocycles. The molecule has 0 bridgehead atoms. The van der Waals surface area contributed by atoms with Crippen LogP contribution >= 0.6 is 0 Å². The van der Waals surface area contributed by atoms with E-state index in [1.165, 1.54) is 64.9 Å². The van der Waals surface area contributed by atoms with Crippen molar-refractivity contribution in [2.45, 2.75) is 116 Å². The fraction of sp³-hybridized carbons (Fsp3) is 0.645. The van der Waals surface area contributed by atoms with Gasteiger partial charge < -0.3 is 9.47 Å². The van der Waals surface area contributed by atoms with Gasteiger partial charge in [0, 0.05) is 29.8 Å². The molecule has 1 aliphatic heterocycles. The molecule has 3 nitrogen and oxygen atoms in total. The molecule has 2 unspecified atom stereocenters. The average Bonchev–Trinajstić information content (AvgIpc) is 3.38. The maximum absolute atomic E-state index is 6.95. The third-order valence-electron chi connectivity index (χ3n) is 8.47. The fourth-order valence-electron chi connectivity index (χ4n) is 6.73. The van der Waals surface area contributed by atoms with Gasteiger partial charge in [-0.25, -0.2) is 0 Å². The molecular weight excluding hydrogens is 418 g/mol. The number of ether oxygens (including phenoxy) is 2. The minimum absolute atomic E-state index is 0.0696. The predicted octanol–water partition coefficient (Wildman–Crippen LogP) is 8.05. The number of methoxy groups -OCH3 is 1. The molecule has 0 amide bonds. The highest BCUT2D eigenvalue weighted by Gasteiger charge is 2.48. The van der Waals surface area contributed by atoms with Gasteiger partial charge in [-0.2, -0.15) is 0 Å². The van der Waals surface area contributed by atoms with E-state index in [0.717, 1.165) is 12.8 Å². The van der Waals surface area contributed by atoms with Gasteiger partial charge >= 0.3 is 0 Å². The maximum atomic E-state index is 6.95. The first-order chi connectivity index (χ1) is 15.9. The first kappa shape index (κ1) is 24.0. The lowest BCUT2D eigenvalue weighted by Gasteiger charge is -2.39. The summed E-state index contributed by atoms with van der Waals surface area (Å²) >= 11 is 0. The van der Waals surface area contributed by atoms with Crippen LogP contribution in [0.1, 0.15) is 138 Å². The Kier molecular flexibility index (Phi) is 5.77. The third kappa shape index (κ3) is 4.03. The maximum Gasteiger partial charge on any atom is 0.111 e. The normalized spacial score (nSPS) is 25.9. The van der Waals surface area contributed by atoms with Crippen LogP contribution in [0.5, 0.6) is 0 Å². The molecule has 2 aromatic rings. The van der Waals surface area contributed by atoms with Crippen LogP contribution in [-0.4, -0.2) is 12.1 Å². The first-order valence-electron chi connectivity index (χ1n) is 13.3. The van der Waals surface area contributed by atoms with Gasteiger partial charge in [0.1, 0.15) is 6.10 Å². The van der Waals surface area contributed by atoms with Gasteiger partial charge in [0.15, 0.2) is 0 Å². The second-order valence-electron chi connectivity index (χ2n) is 13.3. The Balaban J connectivity index is 1.72. The first-order valence-corrected chi connectivity index (χ1v) is 13.3. The van der Waals surface area contributed by atoms with Gasteiger partial charge in [-0.1, -0.05) is 71.7 Å². The Labute approximate surface area is 206 Å². The van der Waals surface area contributed by atoms with Crippen molar-refractivity contribution >= 4 is 0 Å². The van der Waals surface area contributed by atoms with E-state index in [1.54, 1.807) is 0 Å². The summed E-state index contributed by atoms with van der Waals surface area (Å²) in [7, 11) is 1.86. The quantitative estimate of drug-likeness (QED) is 0.463. The molecule has 1 fully saturated rings. The standard InChI is InChI=1S/C31H43NO2/c1-29(2,3)21-15-13-20(14-16-21)28-25-26(31(6,7)34-28)24-22(17-30(4,5)18-23(24)33-8)32-27(25)19-11-9-10-12-19/h13-16,19,23,28H,9-12,17-18H2,1-8H3. The summed E-state index contributed by atoms with van der Waals surface area (Å²) in [5.41, 5.74) is 9.15. The molecule has 1 aromatic carbocycles. The Morgan fingerprint density at radius 1 is 0.971 bits per heavy atom. The molecule has 0 saturated heterocycles. The molecule has 0 radical (unpaired) electrons. The number of nitrogens with zero attached hydrogens (tertiary/aromatic N) is 1. The zero-order chi connectivity index (χ0) is 24.5. The lowest BCUT2D eigenvalue weighted by molar-refractivity contribution is -0.0367. The number of rotatable bonds is 3. The van der Waals surface area contributed by atoms with Gasteiger partial charge in [-0.15, -0.1) is 0 Å². The van der Waals surface area contributed by atoms with E-state index >= 15 is 0 Å². The van der Waals surface area contributed by atoms with Crippen LogP contribution in [0.3, 0.4) is 0 Å². The van der Waals surface area contributed by atoms with E-state index in [1.807, 2.05) is 7.11 Å². The molecule has 2 heterocycles. The monoisotopic (exact) mass is 461 g/mol. The minimum Gasteiger partial charge on any atom is -0.377 e. The van der Waals surface area contributed by atoms with E-state index in [-0.39, 0.29) is 28.6 Å². The largest absolute Gasteiger partial charge is 0.377 e. The summed E-state index contributed by atoms with van der Waals surface area (Å²) in [5.74, 6) is 0.541. The van der Waals surface area contributed by atoms with Crippen LogP contribution in [0.2, 0.25) is 0 Å². The van der Waals surface area contributed by atoms with Crippen molar-refractivity contribution in [3.63, 3.8) is 0 Å². The van der Waals surface area contributed by atoms with Crippen LogP contribution in [0.15, 0.2) is 24.3 Å². The van der Waals surface area contributed by atoms with Crippen molar-refractivity contribution in [3.05, 3.63) is 63.5 Å². The van der Waals surface area contributed by atoms with Crippen molar-refractivity contribution in [1.29, 1.82) is 0 Å². The number of pyridine rings is 1. The van der Waals surface area contributed by atoms with Gasteiger partial charge in [0.05, 0.1) is 17.4 Å². The highest BCUT2D eigenvalue weighted by molar-refractivity contribution is 5.54. The number of benzene rings is 1. The number of hydrogen-bond acceptors (Lipinski definition) is 3. The van der Waals surface area contributed by atoms with Crippen LogP contribution in [0.25, 0.3) is 0 Å². The van der Waals surface area contributed by atoms with Crippen molar-refractivity contribution in [2.24, 2.45) is 5.41 Å². The Bertz CT molecular complexity index is 1070. The van der Waals surface area contributed by atoms with Crippen molar-refractivity contribution < 1.29 is 9.47 Å². The van der Waals surface area contributed by atoms with Crippen LogP contribution in [0, 0.1) is 5.41 Å².